The summed E-state index contributed by atoms with van der Waals surface area (Å²) in [4.78, 5) is 0. The van der Waals surface area contributed by atoms with Gasteiger partial charge < -0.3 is 14.5 Å². The lowest BCUT2D eigenvalue weighted by molar-refractivity contribution is 0.199. The van der Waals surface area contributed by atoms with Crippen LogP contribution in [0.25, 0.3) is 0 Å². The lowest BCUT2D eigenvalue weighted by Crippen LogP contribution is -2.03. The normalized spacial score (nSPS) is 16.5. The average Bonchev–Trinajstić information content (AvgIpc) is 3.24. The molecule has 0 fully saturated rings. The van der Waals surface area contributed by atoms with Gasteiger partial charge in [0.2, 0.25) is 0 Å². The summed E-state index contributed by atoms with van der Waals surface area (Å²) in [6, 6.07) is 10.5. The number of thiophene rings is 1. The minimum Gasteiger partial charge on any atom is -0.480 e. The summed E-state index contributed by atoms with van der Waals surface area (Å²) in [5.74, 6) is 1.41. The fraction of sp³-hybridized carbons (Fsp3) is 0.200. The monoisotopic (exact) mass is 299 g/mol. The first kappa shape index (κ1) is 12.4. The molecular formula is C15H13N3O2S. The van der Waals surface area contributed by atoms with E-state index in [2.05, 4.69) is 33.0 Å². The molecule has 6 heteroatoms. The Balaban J connectivity index is 1.44. The van der Waals surface area contributed by atoms with Crippen LogP contribution in [0.15, 0.2) is 45.5 Å². The summed E-state index contributed by atoms with van der Waals surface area (Å²) in [6.07, 6.45) is 0.578. The summed E-state index contributed by atoms with van der Waals surface area (Å²) in [5.41, 5.74) is 2.37. The Morgan fingerprint density at radius 2 is 2.19 bits per heavy atom. The summed E-state index contributed by atoms with van der Waals surface area (Å²) in [6.45, 7) is 0.677. The predicted molar refractivity (Wildman–Crippen MR) is 79.5 cm³/mol. The van der Waals surface area contributed by atoms with Gasteiger partial charge in [-0.2, -0.15) is 11.3 Å². The Morgan fingerprint density at radius 3 is 3.05 bits per heavy atom. The molecule has 0 amide bonds. The van der Waals surface area contributed by atoms with Crippen molar-refractivity contribution in [3.05, 3.63) is 58.1 Å². The van der Waals surface area contributed by atoms with E-state index >= 15 is 0 Å². The molecular weight excluding hydrogens is 286 g/mol. The van der Waals surface area contributed by atoms with Gasteiger partial charge in [0.15, 0.2) is 6.10 Å². The van der Waals surface area contributed by atoms with Crippen molar-refractivity contribution in [3.8, 4) is 5.75 Å². The number of nitrogens with zero attached hydrogens (tertiary/aromatic N) is 2. The molecule has 2 aromatic heterocycles. The predicted octanol–water partition coefficient (Wildman–Crippen LogP) is 3.42. The lowest BCUT2D eigenvalue weighted by Gasteiger charge is -2.04. The topological polar surface area (TPSA) is 60.2 Å². The van der Waals surface area contributed by atoms with Gasteiger partial charge >= 0.3 is 6.01 Å². The minimum atomic E-state index is -0.188. The molecule has 0 radical (unpaired) electrons. The molecule has 1 aliphatic rings. The molecule has 0 unspecified atom stereocenters. The first-order valence-electron chi connectivity index (χ1n) is 6.71. The number of hydrogen-bond acceptors (Lipinski definition) is 6. The van der Waals surface area contributed by atoms with E-state index in [1.54, 1.807) is 11.3 Å². The molecule has 1 N–H and O–H groups in total. The van der Waals surface area contributed by atoms with Gasteiger partial charge in [0.1, 0.15) is 5.75 Å². The Morgan fingerprint density at radius 1 is 1.24 bits per heavy atom. The second-order valence-corrected chi connectivity index (χ2v) is 5.63. The third-order valence-electron chi connectivity index (χ3n) is 3.39. The van der Waals surface area contributed by atoms with Crippen molar-refractivity contribution in [1.82, 2.24) is 10.2 Å². The molecule has 1 aromatic carbocycles. The number of hydrogen-bond donors (Lipinski definition) is 1. The zero-order valence-corrected chi connectivity index (χ0v) is 12.0. The Labute approximate surface area is 125 Å². The van der Waals surface area contributed by atoms with Crippen molar-refractivity contribution >= 4 is 17.4 Å². The molecule has 5 nitrogen and oxygen atoms in total. The van der Waals surface area contributed by atoms with Crippen LogP contribution in [-0.2, 0) is 13.0 Å². The summed E-state index contributed by atoms with van der Waals surface area (Å²) in [5, 5.41) is 15.3. The smallest absolute Gasteiger partial charge is 0.315 e. The third-order valence-corrected chi connectivity index (χ3v) is 4.12. The van der Waals surface area contributed by atoms with Crippen LogP contribution in [0.4, 0.5) is 6.01 Å². The highest BCUT2D eigenvalue weighted by atomic mass is 32.1. The van der Waals surface area contributed by atoms with Crippen LogP contribution in [0.2, 0.25) is 0 Å². The quantitative estimate of drug-likeness (QED) is 0.800. The summed E-state index contributed by atoms with van der Waals surface area (Å²) >= 11 is 1.67. The van der Waals surface area contributed by atoms with Crippen molar-refractivity contribution in [1.29, 1.82) is 0 Å². The van der Waals surface area contributed by atoms with Crippen LogP contribution in [0.1, 0.15) is 23.1 Å². The zero-order valence-electron chi connectivity index (χ0n) is 11.2. The second kappa shape index (κ2) is 5.21. The van der Waals surface area contributed by atoms with Crippen LogP contribution >= 0.6 is 11.3 Å². The van der Waals surface area contributed by atoms with Crippen molar-refractivity contribution in [2.24, 2.45) is 0 Å². The molecule has 4 rings (SSSR count). The molecule has 21 heavy (non-hydrogen) atoms. The standard InChI is InChI=1S/C15H13N3O2S/c1-2-4-12-11(3-1)7-13(19-12)14-17-18-15(20-14)16-8-10-5-6-21-9-10/h1-6,9,13H,7-8H2,(H,16,18)/t13-/m1/s1. The Hall–Kier alpha value is -2.34. The van der Waals surface area contributed by atoms with Gasteiger partial charge in [0.25, 0.3) is 5.89 Å². The molecule has 0 bridgehead atoms. The maximum atomic E-state index is 5.83. The molecule has 106 valence electrons. The van der Waals surface area contributed by atoms with Gasteiger partial charge in [-0.1, -0.05) is 23.3 Å². The number of ether oxygens (including phenoxy) is 1. The Bertz CT molecular complexity index is 714. The maximum absolute atomic E-state index is 5.83. The van der Waals surface area contributed by atoms with Crippen LogP contribution in [0, 0.1) is 0 Å². The van der Waals surface area contributed by atoms with Gasteiger partial charge in [-0.15, -0.1) is 5.10 Å². The number of benzene rings is 1. The van der Waals surface area contributed by atoms with Crippen molar-refractivity contribution in [2.45, 2.75) is 19.1 Å². The molecule has 3 heterocycles. The van der Waals surface area contributed by atoms with E-state index < -0.39 is 0 Å². The molecule has 1 aliphatic heterocycles. The Kier molecular flexibility index (Phi) is 3.08. The van der Waals surface area contributed by atoms with Crippen molar-refractivity contribution in [3.63, 3.8) is 0 Å². The van der Waals surface area contributed by atoms with Crippen molar-refractivity contribution < 1.29 is 9.15 Å². The highest BCUT2D eigenvalue weighted by molar-refractivity contribution is 7.07. The van der Waals surface area contributed by atoms with E-state index in [4.69, 9.17) is 9.15 Å². The number of para-hydroxylation sites is 1. The first-order valence-corrected chi connectivity index (χ1v) is 7.66. The highest BCUT2D eigenvalue weighted by Crippen LogP contribution is 2.36. The first-order chi connectivity index (χ1) is 10.4. The molecule has 0 spiro atoms. The van der Waals surface area contributed by atoms with Crippen LogP contribution in [0.3, 0.4) is 0 Å². The fourth-order valence-electron chi connectivity index (χ4n) is 2.33. The van der Waals surface area contributed by atoms with Gasteiger partial charge in [-0.05, 0) is 34.0 Å². The van der Waals surface area contributed by atoms with Crippen molar-refractivity contribution in [2.75, 3.05) is 5.32 Å². The van der Waals surface area contributed by atoms with E-state index in [0.717, 1.165) is 12.2 Å². The average molecular weight is 299 g/mol. The molecule has 0 aliphatic carbocycles. The number of fused-ring (bicyclic) bond motifs is 1. The number of nitrogens with one attached hydrogen (secondary N) is 1. The van der Waals surface area contributed by atoms with E-state index in [9.17, 15) is 0 Å². The molecule has 0 saturated heterocycles. The molecule has 0 saturated carbocycles. The van der Waals surface area contributed by atoms with Crippen LogP contribution in [0.5, 0.6) is 5.75 Å². The van der Waals surface area contributed by atoms with E-state index in [1.807, 2.05) is 23.6 Å². The minimum absolute atomic E-state index is 0.188. The van der Waals surface area contributed by atoms with E-state index in [1.165, 1.54) is 11.1 Å². The fourth-order valence-corrected chi connectivity index (χ4v) is 3.00. The van der Waals surface area contributed by atoms with Gasteiger partial charge in [-0.3, -0.25) is 0 Å². The van der Waals surface area contributed by atoms with Gasteiger partial charge in [-0.25, -0.2) is 0 Å². The highest BCUT2D eigenvalue weighted by Gasteiger charge is 2.28. The lowest BCUT2D eigenvalue weighted by atomic mass is 10.1. The second-order valence-electron chi connectivity index (χ2n) is 4.85. The number of anilines is 1. The van der Waals surface area contributed by atoms with E-state index in [-0.39, 0.29) is 6.10 Å². The van der Waals surface area contributed by atoms with Gasteiger partial charge in [0.05, 0.1) is 0 Å². The van der Waals surface area contributed by atoms with Crippen LogP contribution < -0.4 is 10.1 Å². The maximum Gasteiger partial charge on any atom is 0.315 e. The largest absolute Gasteiger partial charge is 0.480 e. The van der Waals surface area contributed by atoms with Crippen LogP contribution in [-0.4, -0.2) is 10.2 Å². The van der Waals surface area contributed by atoms with Gasteiger partial charge in [0, 0.05) is 13.0 Å². The summed E-state index contributed by atoms with van der Waals surface area (Å²) < 4.78 is 11.5. The number of rotatable bonds is 4. The molecule has 3 aromatic rings. The number of aromatic nitrogens is 2. The SMILES string of the molecule is c1ccc2c(c1)C[C@H](c1nnc(NCc3ccsc3)o1)O2. The molecule has 1 atom stereocenters. The zero-order chi connectivity index (χ0) is 14.1. The summed E-state index contributed by atoms with van der Waals surface area (Å²) in [7, 11) is 0. The van der Waals surface area contributed by atoms with E-state index in [0.29, 0.717) is 18.5 Å². The third kappa shape index (κ3) is 2.50.